The molecule has 0 bridgehead atoms. The zero-order valence-electron chi connectivity index (χ0n) is 18.5. The Morgan fingerprint density at radius 2 is 1.87 bits per heavy atom. The topological polar surface area (TPSA) is 98.3 Å². The van der Waals surface area contributed by atoms with Gasteiger partial charge >= 0.3 is 6.09 Å². The molecule has 1 aromatic carbocycles. The van der Waals surface area contributed by atoms with Gasteiger partial charge < -0.3 is 29.4 Å². The maximum Gasteiger partial charge on any atom is 0.410 e. The molecule has 0 radical (unpaired) electrons. The molecule has 1 fully saturated rings. The molecule has 1 saturated heterocycles. The predicted molar refractivity (Wildman–Crippen MR) is 113 cm³/mol. The molecule has 2 atom stereocenters. The van der Waals surface area contributed by atoms with Gasteiger partial charge in [0.15, 0.2) is 5.79 Å². The number of benzene rings is 1. The summed E-state index contributed by atoms with van der Waals surface area (Å²) >= 11 is 0. The van der Waals surface area contributed by atoms with Gasteiger partial charge in [-0.2, -0.15) is 0 Å². The van der Waals surface area contributed by atoms with Crippen LogP contribution >= 0.6 is 0 Å². The summed E-state index contributed by atoms with van der Waals surface area (Å²) in [7, 11) is 0. The third-order valence-corrected chi connectivity index (χ3v) is 4.50. The number of aliphatic hydroxyl groups excluding tert-OH is 1. The molecule has 1 aliphatic rings. The van der Waals surface area contributed by atoms with Gasteiger partial charge in [-0.15, -0.1) is 0 Å². The molecule has 1 aromatic rings. The molecule has 0 aliphatic carbocycles. The van der Waals surface area contributed by atoms with E-state index in [4.69, 9.17) is 18.9 Å². The molecule has 170 valence electrons. The van der Waals surface area contributed by atoms with Crippen molar-refractivity contribution in [3.8, 4) is 5.75 Å². The van der Waals surface area contributed by atoms with Crippen molar-refractivity contribution >= 4 is 6.09 Å². The summed E-state index contributed by atoms with van der Waals surface area (Å²) in [6.45, 7) is 9.57. The van der Waals surface area contributed by atoms with Crippen molar-refractivity contribution in [3.05, 3.63) is 30.3 Å². The monoisotopic (exact) mass is 424 g/mol. The highest BCUT2D eigenvalue weighted by Crippen LogP contribution is 2.24. The fourth-order valence-electron chi connectivity index (χ4n) is 3.03. The van der Waals surface area contributed by atoms with E-state index in [0.29, 0.717) is 19.0 Å². The number of rotatable bonds is 11. The van der Waals surface area contributed by atoms with E-state index in [9.17, 15) is 9.90 Å². The van der Waals surface area contributed by atoms with Crippen LogP contribution in [0.15, 0.2) is 30.3 Å². The van der Waals surface area contributed by atoms with E-state index in [1.807, 2.05) is 25.1 Å². The third kappa shape index (κ3) is 9.30. The van der Waals surface area contributed by atoms with Crippen LogP contribution in [0, 0.1) is 0 Å². The minimum atomic E-state index is -0.961. The average molecular weight is 425 g/mol. The number of carbonyl (C=O) groups excluding carboxylic acids is 1. The number of alkyl carbamates (subject to hydrolysis) is 1. The van der Waals surface area contributed by atoms with E-state index in [1.54, 1.807) is 32.9 Å². The molecule has 2 rings (SSSR count). The maximum atomic E-state index is 12.2. The molecule has 0 saturated carbocycles. The first-order valence-corrected chi connectivity index (χ1v) is 10.5. The standard InChI is InChI=1S/C22H36N2O6/c1-21(2,3)30-20(26)24-19(29-17-10-6-5-7-11-17)18(25)16-23-13-9-8-12-22(4)27-14-15-28-22/h5-7,10-11,18-19,23,25H,8-9,12-16H2,1-4H3,(H,24,26)/t18-,19+/m1/s1. The van der Waals surface area contributed by atoms with Crippen LogP contribution in [0.1, 0.15) is 47.0 Å². The molecular formula is C22H36N2O6. The van der Waals surface area contributed by atoms with Crippen LogP contribution in [-0.4, -0.2) is 61.2 Å². The van der Waals surface area contributed by atoms with E-state index in [0.717, 1.165) is 25.8 Å². The van der Waals surface area contributed by atoms with Crippen LogP contribution in [0.5, 0.6) is 5.75 Å². The summed E-state index contributed by atoms with van der Waals surface area (Å²) in [6, 6.07) is 9.03. The number of amides is 1. The van der Waals surface area contributed by atoms with Crippen LogP contribution in [0.3, 0.4) is 0 Å². The fraction of sp³-hybridized carbons (Fsp3) is 0.682. The number of unbranched alkanes of at least 4 members (excludes halogenated alkanes) is 1. The van der Waals surface area contributed by atoms with Crippen molar-refractivity contribution in [2.75, 3.05) is 26.3 Å². The highest BCUT2D eigenvalue weighted by Gasteiger charge is 2.30. The Bertz CT molecular complexity index is 628. The zero-order valence-corrected chi connectivity index (χ0v) is 18.5. The Morgan fingerprint density at radius 3 is 2.50 bits per heavy atom. The Morgan fingerprint density at radius 1 is 1.20 bits per heavy atom. The van der Waals surface area contributed by atoms with Crippen LogP contribution < -0.4 is 15.4 Å². The molecule has 0 spiro atoms. The van der Waals surface area contributed by atoms with Gasteiger partial charge in [0, 0.05) is 13.0 Å². The van der Waals surface area contributed by atoms with Crippen LogP contribution in [0.2, 0.25) is 0 Å². The predicted octanol–water partition coefficient (Wildman–Crippen LogP) is 2.80. The molecule has 1 amide bonds. The fourth-order valence-corrected chi connectivity index (χ4v) is 3.03. The Hall–Kier alpha value is -1.87. The number of hydrogen-bond donors (Lipinski definition) is 3. The summed E-state index contributed by atoms with van der Waals surface area (Å²) in [5.41, 5.74) is -0.645. The Balaban J connectivity index is 1.77. The lowest BCUT2D eigenvalue weighted by molar-refractivity contribution is -0.147. The van der Waals surface area contributed by atoms with E-state index in [2.05, 4.69) is 10.6 Å². The lowest BCUT2D eigenvalue weighted by Crippen LogP contribution is -2.52. The summed E-state index contributed by atoms with van der Waals surface area (Å²) in [5.74, 6) is 0.0771. The summed E-state index contributed by atoms with van der Waals surface area (Å²) in [5, 5.41) is 16.4. The number of hydrogen-bond acceptors (Lipinski definition) is 7. The number of para-hydroxylation sites is 1. The highest BCUT2D eigenvalue weighted by atomic mass is 16.7. The average Bonchev–Trinajstić information content (AvgIpc) is 3.10. The van der Waals surface area contributed by atoms with Crippen LogP contribution in [0.4, 0.5) is 4.79 Å². The first kappa shape index (κ1) is 24.4. The van der Waals surface area contributed by atoms with Crippen molar-refractivity contribution in [2.45, 2.75) is 70.7 Å². The van der Waals surface area contributed by atoms with Crippen LogP contribution in [0.25, 0.3) is 0 Å². The lowest BCUT2D eigenvalue weighted by Gasteiger charge is -2.27. The number of aliphatic hydroxyl groups is 1. The van der Waals surface area contributed by atoms with Gasteiger partial charge in [-0.1, -0.05) is 18.2 Å². The summed E-state index contributed by atoms with van der Waals surface area (Å²) < 4.78 is 22.3. The lowest BCUT2D eigenvalue weighted by atomic mass is 10.1. The summed E-state index contributed by atoms with van der Waals surface area (Å²) in [4.78, 5) is 12.2. The van der Waals surface area contributed by atoms with Crippen molar-refractivity contribution in [1.29, 1.82) is 0 Å². The number of nitrogens with one attached hydrogen (secondary N) is 2. The molecule has 8 heteroatoms. The Labute approximate surface area is 179 Å². The summed E-state index contributed by atoms with van der Waals surface area (Å²) in [6.07, 6.45) is 0.133. The van der Waals surface area contributed by atoms with Gasteiger partial charge in [0.25, 0.3) is 0 Å². The second-order valence-corrected chi connectivity index (χ2v) is 8.56. The molecule has 30 heavy (non-hydrogen) atoms. The first-order chi connectivity index (χ1) is 14.2. The highest BCUT2D eigenvalue weighted by molar-refractivity contribution is 5.68. The first-order valence-electron chi connectivity index (χ1n) is 10.5. The van der Waals surface area contributed by atoms with Crippen molar-refractivity contribution in [1.82, 2.24) is 10.6 Å². The largest absolute Gasteiger partial charge is 0.468 e. The zero-order chi connectivity index (χ0) is 22.0. The quantitative estimate of drug-likeness (QED) is 0.371. The smallest absolute Gasteiger partial charge is 0.410 e. The molecular weight excluding hydrogens is 388 g/mol. The molecule has 0 unspecified atom stereocenters. The molecule has 8 nitrogen and oxygen atoms in total. The van der Waals surface area contributed by atoms with Crippen molar-refractivity contribution in [2.24, 2.45) is 0 Å². The third-order valence-electron chi connectivity index (χ3n) is 4.50. The van der Waals surface area contributed by atoms with Gasteiger partial charge in [-0.25, -0.2) is 4.79 Å². The second-order valence-electron chi connectivity index (χ2n) is 8.56. The molecule has 0 aromatic heterocycles. The van der Waals surface area contributed by atoms with E-state index in [1.165, 1.54) is 0 Å². The minimum Gasteiger partial charge on any atom is -0.468 e. The van der Waals surface area contributed by atoms with Gasteiger partial charge in [-0.05, 0) is 59.2 Å². The molecule has 1 heterocycles. The molecule has 1 aliphatic heterocycles. The molecule has 3 N–H and O–H groups in total. The van der Waals surface area contributed by atoms with Crippen molar-refractivity contribution in [3.63, 3.8) is 0 Å². The van der Waals surface area contributed by atoms with Crippen molar-refractivity contribution < 1.29 is 28.8 Å². The normalized spacial score (nSPS) is 17.9. The van der Waals surface area contributed by atoms with Gasteiger partial charge in [-0.3, -0.25) is 5.32 Å². The van der Waals surface area contributed by atoms with E-state index >= 15 is 0 Å². The minimum absolute atomic E-state index is 0.261. The van der Waals surface area contributed by atoms with Crippen LogP contribution in [-0.2, 0) is 14.2 Å². The van der Waals surface area contributed by atoms with Gasteiger partial charge in [0.05, 0.1) is 13.2 Å². The maximum absolute atomic E-state index is 12.2. The van der Waals surface area contributed by atoms with E-state index < -0.39 is 29.8 Å². The van der Waals surface area contributed by atoms with Gasteiger partial charge in [0.1, 0.15) is 17.5 Å². The Kier molecular flexibility index (Phi) is 9.36. The number of ether oxygens (including phenoxy) is 4. The van der Waals surface area contributed by atoms with Gasteiger partial charge in [0.2, 0.25) is 6.23 Å². The second kappa shape index (κ2) is 11.5. The number of carbonyl (C=O) groups is 1. The van der Waals surface area contributed by atoms with E-state index in [-0.39, 0.29) is 6.54 Å². The SMILES string of the molecule is CC(C)(C)OC(=O)N[C@@H](Oc1ccccc1)[C@H](O)CNCCCCC1(C)OCCO1.